The summed E-state index contributed by atoms with van der Waals surface area (Å²) in [5.74, 6) is 6.06. The Morgan fingerprint density at radius 1 is 1.24 bits per heavy atom. The van der Waals surface area contributed by atoms with Gasteiger partial charge >= 0.3 is 0 Å². The first-order chi connectivity index (χ1) is 8.38. The first kappa shape index (κ1) is 12.6. The molecular weight excluding hydrogens is 230 g/mol. The summed E-state index contributed by atoms with van der Waals surface area (Å²) in [6, 6.07) is 4.27. The highest BCUT2D eigenvalue weighted by molar-refractivity contribution is 7.12. The van der Waals surface area contributed by atoms with Crippen LogP contribution in [0.25, 0.3) is 0 Å². The summed E-state index contributed by atoms with van der Waals surface area (Å²) in [7, 11) is 0. The van der Waals surface area contributed by atoms with Crippen LogP contribution < -0.4 is 0 Å². The highest BCUT2D eigenvalue weighted by Gasteiger charge is 2.11. The fourth-order valence-electron chi connectivity index (χ4n) is 2.07. The molecule has 1 N–H and O–H groups in total. The lowest BCUT2D eigenvalue weighted by atomic mass is 10.1. The van der Waals surface area contributed by atoms with Crippen LogP contribution in [0.4, 0.5) is 0 Å². The Labute approximate surface area is 107 Å². The van der Waals surface area contributed by atoms with Crippen molar-refractivity contribution in [3.05, 3.63) is 21.9 Å². The SMILES string of the molecule is OCCC#Cc1ccc(CN2CCCCC2)s1. The number of hydrogen-bond acceptors (Lipinski definition) is 3. The van der Waals surface area contributed by atoms with E-state index in [0.29, 0.717) is 6.42 Å². The normalized spacial score (nSPS) is 16.5. The van der Waals surface area contributed by atoms with Gasteiger partial charge in [-0.2, -0.15) is 0 Å². The number of rotatable bonds is 3. The zero-order valence-corrected chi connectivity index (χ0v) is 10.9. The van der Waals surface area contributed by atoms with Crippen molar-refractivity contribution in [3.8, 4) is 11.8 Å². The molecule has 1 aromatic rings. The number of nitrogens with zero attached hydrogens (tertiary/aromatic N) is 1. The summed E-state index contributed by atoms with van der Waals surface area (Å²) in [6.45, 7) is 3.71. The smallest absolute Gasteiger partial charge is 0.0771 e. The van der Waals surface area contributed by atoms with Gasteiger partial charge in [-0.25, -0.2) is 0 Å². The third-order valence-corrected chi connectivity index (χ3v) is 3.92. The highest BCUT2D eigenvalue weighted by Crippen LogP contribution is 2.19. The molecule has 0 saturated carbocycles. The van der Waals surface area contributed by atoms with Crippen LogP contribution in [-0.4, -0.2) is 29.7 Å². The molecule has 0 aliphatic carbocycles. The predicted octanol–water partition coefficient (Wildman–Crippen LogP) is 2.47. The molecule has 0 amide bonds. The molecule has 0 radical (unpaired) electrons. The molecule has 17 heavy (non-hydrogen) atoms. The zero-order chi connectivity index (χ0) is 11.9. The molecule has 1 fully saturated rings. The molecule has 0 bridgehead atoms. The molecular formula is C14H19NOS. The Morgan fingerprint density at radius 3 is 2.82 bits per heavy atom. The number of hydrogen-bond donors (Lipinski definition) is 1. The van der Waals surface area contributed by atoms with Crippen LogP contribution in [0, 0.1) is 11.8 Å². The van der Waals surface area contributed by atoms with E-state index in [1.54, 1.807) is 11.3 Å². The molecule has 1 aromatic heterocycles. The number of thiophene rings is 1. The summed E-state index contributed by atoms with van der Waals surface area (Å²) < 4.78 is 0. The molecule has 3 heteroatoms. The van der Waals surface area contributed by atoms with Gasteiger partial charge in [0.25, 0.3) is 0 Å². The molecule has 2 nitrogen and oxygen atoms in total. The van der Waals surface area contributed by atoms with E-state index in [9.17, 15) is 0 Å². The molecule has 0 spiro atoms. The van der Waals surface area contributed by atoms with Crippen LogP contribution in [0.5, 0.6) is 0 Å². The van der Waals surface area contributed by atoms with Crippen molar-refractivity contribution in [2.45, 2.75) is 32.2 Å². The second kappa shape index (κ2) is 6.80. The molecule has 1 aliphatic rings. The molecule has 0 aromatic carbocycles. The van der Waals surface area contributed by atoms with Gasteiger partial charge in [-0.3, -0.25) is 4.90 Å². The maximum Gasteiger partial charge on any atom is 0.0771 e. The van der Waals surface area contributed by atoms with Crippen molar-refractivity contribution in [1.29, 1.82) is 0 Å². The number of aliphatic hydroxyl groups excluding tert-OH is 1. The average Bonchev–Trinajstić information content (AvgIpc) is 2.79. The Kier molecular flexibility index (Phi) is 5.06. The van der Waals surface area contributed by atoms with E-state index in [0.717, 1.165) is 11.4 Å². The third-order valence-electron chi connectivity index (χ3n) is 2.94. The molecule has 2 rings (SSSR count). The first-order valence-corrected chi connectivity index (χ1v) is 7.11. The van der Waals surface area contributed by atoms with Crippen molar-refractivity contribution in [1.82, 2.24) is 4.90 Å². The molecule has 0 atom stereocenters. The topological polar surface area (TPSA) is 23.5 Å². The van der Waals surface area contributed by atoms with Crippen LogP contribution in [0.1, 0.15) is 35.4 Å². The predicted molar refractivity (Wildman–Crippen MR) is 72.0 cm³/mol. The lowest BCUT2D eigenvalue weighted by molar-refractivity contribution is 0.222. The second-order valence-corrected chi connectivity index (χ2v) is 5.55. The second-order valence-electron chi connectivity index (χ2n) is 4.38. The van der Waals surface area contributed by atoms with Gasteiger partial charge in [0.2, 0.25) is 0 Å². The number of likely N-dealkylation sites (tertiary alicyclic amines) is 1. The van der Waals surface area contributed by atoms with Crippen LogP contribution in [0.2, 0.25) is 0 Å². The van der Waals surface area contributed by atoms with E-state index < -0.39 is 0 Å². The lowest BCUT2D eigenvalue weighted by Crippen LogP contribution is -2.28. The van der Waals surface area contributed by atoms with Crippen molar-refractivity contribution in [2.75, 3.05) is 19.7 Å². The summed E-state index contributed by atoms with van der Waals surface area (Å²) in [4.78, 5) is 5.05. The van der Waals surface area contributed by atoms with E-state index in [4.69, 9.17) is 5.11 Å². The summed E-state index contributed by atoms with van der Waals surface area (Å²) >= 11 is 1.78. The van der Waals surface area contributed by atoms with Gasteiger partial charge in [0, 0.05) is 17.8 Å². The molecule has 1 saturated heterocycles. The largest absolute Gasteiger partial charge is 0.395 e. The monoisotopic (exact) mass is 249 g/mol. The molecule has 92 valence electrons. The van der Waals surface area contributed by atoms with E-state index in [1.165, 1.54) is 37.2 Å². The van der Waals surface area contributed by atoms with E-state index in [2.05, 4.69) is 28.9 Å². The lowest BCUT2D eigenvalue weighted by Gasteiger charge is -2.25. The van der Waals surface area contributed by atoms with Crippen molar-refractivity contribution in [3.63, 3.8) is 0 Å². The van der Waals surface area contributed by atoms with Gasteiger partial charge in [0.15, 0.2) is 0 Å². The van der Waals surface area contributed by atoms with E-state index >= 15 is 0 Å². The molecule has 1 aliphatic heterocycles. The van der Waals surface area contributed by atoms with Gasteiger partial charge in [-0.15, -0.1) is 11.3 Å². The fraction of sp³-hybridized carbons (Fsp3) is 0.571. The van der Waals surface area contributed by atoms with E-state index in [1.807, 2.05) is 0 Å². The van der Waals surface area contributed by atoms with Gasteiger partial charge in [-0.05, 0) is 38.1 Å². The minimum Gasteiger partial charge on any atom is -0.395 e. The maximum atomic E-state index is 8.66. The van der Waals surface area contributed by atoms with Crippen molar-refractivity contribution in [2.24, 2.45) is 0 Å². The Morgan fingerprint density at radius 2 is 2.06 bits per heavy atom. The number of aliphatic hydroxyl groups is 1. The van der Waals surface area contributed by atoms with Gasteiger partial charge in [-0.1, -0.05) is 18.3 Å². The Bertz CT molecular complexity index is 396. The van der Waals surface area contributed by atoms with Gasteiger partial charge in [0.1, 0.15) is 0 Å². The number of piperidine rings is 1. The molecule has 2 heterocycles. The fourth-order valence-corrected chi connectivity index (χ4v) is 3.00. The van der Waals surface area contributed by atoms with Gasteiger partial charge < -0.3 is 5.11 Å². The molecule has 0 unspecified atom stereocenters. The summed E-state index contributed by atoms with van der Waals surface area (Å²) in [5, 5.41) is 8.66. The van der Waals surface area contributed by atoms with Crippen LogP contribution in [-0.2, 0) is 6.54 Å². The minimum absolute atomic E-state index is 0.152. The minimum atomic E-state index is 0.152. The Hall–Kier alpha value is -0.820. The van der Waals surface area contributed by atoms with Crippen molar-refractivity contribution < 1.29 is 5.11 Å². The van der Waals surface area contributed by atoms with Gasteiger partial charge in [0.05, 0.1) is 11.5 Å². The van der Waals surface area contributed by atoms with Crippen LogP contribution in [0.15, 0.2) is 12.1 Å². The average molecular weight is 249 g/mol. The van der Waals surface area contributed by atoms with E-state index in [-0.39, 0.29) is 6.61 Å². The summed E-state index contributed by atoms with van der Waals surface area (Å²) in [6.07, 6.45) is 4.64. The third kappa shape index (κ3) is 4.16. The maximum absolute atomic E-state index is 8.66. The van der Waals surface area contributed by atoms with Crippen molar-refractivity contribution >= 4 is 11.3 Å². The Balaban J connectivity index is 1.87. The van der Waals surface area contributed by atoms with Crippen LogP contribution >= 0.6 is 11.3 Å². The first-order valence-electron chi connectivity index (χ1n) is 6.29. The zero-order valence-electron chi connectivity index (χ0n) is 10.1. The quantitative estimate of drug-likeness (QED) is 0.832. The summed E-state index contributed by atoms with van der Waals surface area (Å²) in [5.41, 5.74) is 0. The highest BCUT2D eigenvalue weighted by atomic mass is 32.1. The standard InChI is InChI=1S/C14H19NOS/c16-11-5-2-6-13-7-8-14(17-13)12-15-9-3-1-4-10-15/h7-8,16H,1,3-5,9-12H2. The van der Waals surface area contributed by atoms with Crippen LogP contribution in [0.3, 0.4) is 0 Å².